The first-order chi connectivity index (χ1) is 18.6. The van der Waals surface area contributed by atoms with Crippen LogP contribution in [0.5, 0.6) is 5.75 Å². The zero-order chi connectivity index (χ0) is 27.0. The zero-order valence-corrected chi connectivity index (χ0v) is 23.8. The fourth-order valence-corrected chi connectivity index (χ4v) is 4.86. The number of para-hydroxylation sites is 1. The summed E-state index contributed by atoms with van der Waals surface area (Å²) in [6, 6.07) is 22.0. The Morgan fingerprint density at radius 2 is 1.45 bits per heavy atom. The molecule has 0 unspecified atom stereocenters. The maximum absolute atomic E-state index is 13.7. The van der Waals surface area contributed by atoms with E-state index in [2.05, 4.69) is 32.9 Å². The molecule has 2 aromatic carbocycles. The highest BCUT2D eigenvalue weighted by Gasteiger charge is 2.26. The summed E-state index contributed by atoms with van der Waals surface area (Å²) in [6.45, 7) is 8.44. The Bertz CT molecular complexity index is 1100. The van der Waals surface area contributed by atoms with Crippen molar-refractivity contribution in [1.29, 1.82) is 0 Å². The highest BCUT2D eigenvalue weighted by atomic mass is 16.5. The molecule has 204 valence electrons. The highest BCUT2D eigenvalue weighted by Crippen LogP contribution is 2.24. The van der Waals surface area contributed by atoms with Gasteiger partial charge < -0.3 is 4.74 Å². The van der Waals surface area contributed by atoms with E-state index < -0.39 is 0 Å². The average molecular weight is 516 g/mol. The number of rotatable bonds is 17. The number of benzene rings is 2. The Morgan fingerprint density at radius 1 is 0.789 bits per heavy atom. The first-order valence-electron chi connectivity index (χ1n) is 14.7. The van der Waals surface area contributed by atoms with E-state index in [9.17, 15) is 4.79 Å². The number of nitrogens with zero attached hydrogens (tertiary/aromatic N) is 2. The minimum atomic E-state index is -0.000615. The third-order valence-electron chi connectivity index (χ3n) is 7.22. The lowest BCUT2D eigenvalue weighted by Crippen LogP contribution is -2.44. The van der Waals surface area contributed by atoms with Crippen LogP contribution >= 0.6 is 0 Å². The monoisotopic (exact) mass is 515 g/mol. The van der Waals surface area contributed by atoms with Crippen molar-refractivity contribution >= 4 is 11.6 Å². The van der Waals surface area contributed by atoms with Crippen molar-refractivity contribution in [2.75, 3.05) is 11.5 Å². The van der Waals surface area contributed by atoms with Gasteiger partial charge in [0.15, 0.2) is 6.20 Å². The molecule has 3 aromatic rings. The van der Waals surface area contributed by atoms with E-state index >= 15 is 0 Å². The van der Waals surface area contributed by atoms with Crippen molar-refractivity contribution in [3.63, 3.8) is 0 Å². The molecule has 0 aliphatic heterocycles. The van der Waals surface area contributed by atoms with Gasteiger partial charge in [-0.25, -0.2) is 0 Å². The van der Waals surface area contributed by atoms with Crippen LogP contribution in [-0.2, 0) is 13.1 Å². The van der Waals surface area contributed by atoms with Gasteiger partial charge in [-0.2, -0.15) is 4.57 Å². The summed E-state index contributed by atoms with van der Waals surface area (Å²) in [5.74, 6) is 0.908. The molecule has 0 saturated carbocycles. The summed E-state index contributed by atoms with van der Waals surface area (Å²) in [5.41, 5.74) is 3.83. The van der Waals surface area contributed by atoms with Crippen molar-refractivity contribution in [3.05, 3.63) is 89.7 Å². The summed E-state index contributed by atoms with van der Waals surface area (Å²) >= 11 is 0. The summed E-state index contributed by atoms with van der Waals surface area (Å²) < 4.78 is 8.06. The topological polar surface area (TPSA) is 33.4 Å². The number of pyridine rings is 1. The van der Waals surface area contributed by atoms with E-state index in [1.54, 1.807) is 0 Å². The van der Waals surface area contributed by atoms with Crippen LogP contribution < -0.4 is 14.2 Å². The number of carbonyl (C=O) groups excluding carboxylic acids is 1. The van der Waals surface area contributed by atoms with Gasteiger partial charge in [0, 0.05) is 17.8 Å². The van der Waals surface area contributed by atoms with Gasteiger partial charge in [0.25, 0.3) is 5.69 Å². The maximum Gasteiger partial charge on any atom is 0.323 e. The Labute approximate surface area is 230 Å². The lowest BCUT2D eigenvalue weighted by molar-refractivity contribution is -0.695. The fourth-order valence-electron chi connectivity index (χ4n) is 4.86. The number of ether oxygens (including phenoxy) is 1. The van der Waals surface area contributed by atoms with E-state index in [1.165, 1.54) is 57.8 Å². The molecule has 0 radical (unpaired) electrons. The van der Waals surface area contributed by atoms with Gasteiger partial charge in [-0.3, -0.25) is 9.69 Å². The second kappa shape index (κ2) is 16.7. The van der Waals surface area contributed by atoms with Crippen LogP contribution in [0.3, 0.4) is 0 Å². The van der Waals surface area contributed by atoms with Crippen molar-refractivity contribution in [3.8, 4) is 5.75 Å². The van der Waals surface area contributed by atoms with Gasteiger partial charge in [-0.05, 0) is 61.7 Å². The predicted molar refractivity (Wildman–Crippen MR) is 158 cm³/mol. The normalized spacial score (nSPS) is 10.9. The lowest BCUT2D eigenvalue weighted by atomic mass is 10.1. The molecule has 0 bridgehead atoms. The van der Waals surface area contributed by atoms with Gasteiger partial charge in [-0.1, -0.05) is 89.0 Å². The van der Waals surface area contributed by atoms with E-state index in [-0.39, 0.29) is 5.91 Å². The molecule has 0 aliphatic rings. The maximum atomic E-state index is 13.7. The number of hydrogen-bond donors (Lipinski definition) is 0. The van der Waals surface area contributed by atoms with Crippen LogP contribution in [0.25, 0.3) is 0 Å². The van der Waals surface area contributed by atoms with Crippen LogP contribution in [0.15, 0.2) is 72.9 Å². The van der Waals surface area contributed by atoms with Gasteiger partial charge in [0.1, 0.15) is 12.3 Å². The minimum absolute atomic E-state index is 0.000615. The largest absolute Gasteiger partial charge is 0.494 e. The molecule has 0 atom stereocenters. The number of carbonyl (C=O) groups is 1. The summed E-state index contributed by atoms with van der Waals surface area (Å²) in [4.78, 5) is 15.6. The van der Waals surface area contributed by atoms with Gasteiger partial charge >= 0.3 is 5.91 Å². The molecule has 4 nitrogen and oxygen atoms in total. The molecule has 1 heterocycles. The molecular formula is C34H47N2O2+. The molecular weight excluding hydrogens is 468 g/mol. The van der Waals surface area contributed by atoms with E-state index in [4.69, 9.17) is 4.74 Å². The second-order valence-corrected chi connectivity index (χ2v) is 10.2. The van der Waals surface area contributed by atoms with Crippen molar-refractivity contribution < 1.29 is 14.1 Å². The average Bonchev–Trinajstić information content (AvgIpc) is 2.95. The zero-order valence-electron chi connectivity index (χ0n) is 23.8. The molecule has 0 spiro atoms. The fraction of sp³-hybridized carbons (Fsp3) is 0.471. The quantitative estimate of drug-likeness (QED) is 0.133. The van der Waals surface area contributed by atoms with Crippen molar-refractivity contribution in [2.45, 2.75) is 98.1 Å². The van der Waals surface area contributed by atoms with Crippen molar-refractivity contribution in [1.82, 2.24) is 0 Å². The molecule has 0 aliphatic carbocycles. The molecule has 38 heavy (non-hydrogen) atoms. The second-order valence-electron chi connectivity index (χ2n) is 10.2. The van der Waals surface area contributed by atoms with E-state index in [0.29, 0.717) is 12.2 Å². The minimum Gasteiger partial charge on any atom is -0.494 e. The van der Waals surface area contributed by atoms with Gasteiger partial charge in [0.05, 0.1) is 13.2 Å². The Balaban J connectivity index is 1.54. The van der Waals surface area contributed by atoms with Crippen LogP contribution in [-0.4, -0.2) is 12.5 Å². The molecule has 0 saturated heterocycles. The summed E-state index contributed by atoms with van der Waals surface area (Å²) in [5, 5.41) is 0. The number of amides is 1. The standard InChI is InChI=1S/C34H47N2O2/c1-4-6-7-8-9-10-11-12-13-19-26-38-32-24-23-30(29(3)27-32)28-36(31-20-15-14-16-21-31)34(37)33-22-17-18-25-35(33)5-2/h14-18,20-25,27H,4-13,19,26,28H2,1-3H3/q+1. The Hall–Kier alpha value is -3.14. The van der Waals surface area contributed by atoms with Crippen LogP contribution in [0, 0.1) is 6.92 Å². The third kappa shape index (κ3) is 9.31. The molecule has 4 heteroatoms. The smallest absolute Gasteiger partial charge is 0.323 e. The highest BCUT2D eigenvalue weighted by molar-refractivity contribution is 6.03. The van der Waals surface area contributed by atoms with Crippen molar-refractivity contribution in [2.24, 2.45) is 0 Å². The van der Waals surface area contributed by atoms with E-state index in [1.807, 2.05) is 70.3 Å². The van der Waals surface area contributed by atoms with Crippen LogP contribution in [0.2, 0.25) is 0 Å². The van der Waals surface area contributed by atoms with Crippen LogP contribution in [0.4, 0.5) is 5.69 Å². The number of unbranched alkanes of at least 4 members (excludes halogenated alkanes) is 9. The molecule has 1 aromatic heterocycles. The SMILES string of the molecule is CCCCCCCCCCCCOc1ccc(CN(C(=O)c2cccc[n+]2CC)c2ccccc2)c(C)c1. The van der Waals surface area contributed by atoms with E-state index in [0.717, 1.165) is 42.1 Å². The molecule has 3 rings (SSSR count). The third-order valence-corrected chi connectivity index (χ3v) is 7.22. The first-order valence-corrected chi connectivity index (χ1v) is 14.7. The molecule has 0 N–H and O–H groups in total. The number of anilines is 1. The number of aryl methyl sites for hydroxylation is 2. The predicted octanol–water partition coefficient (Wildman–Crippen LogP) is 8.45. The molecule has 1 amide bonds. The lowest BCUT2D eigenvalue weighted by Gasteiger charge is -2.23. The van der Waals surface area contributed by atoms with Crippen LogP contribution in [0.1, 0.15) is 99.7 Å². The first kappa shape index (κ1) is 29.4. The van der Waals surface area contributed by atoms with Gasteiger partial charge in [0.2, 0.25) is 0 Å². The Kier molecular flexibility index (Phi) is 12.9. The number of hydrogen-bond acceptors (Lipinski definition) is 2. The van der Waals surface area contributed by atoms with Gasteiger partial charge in [-0.15, -0.1) is 0 Å². The summed E-state index contributed by atoms with van der Waals surface area (Å²) in [7, 11) is 0. The number of aromatic nitrogens is 1. The Morgan fingerprint density at radius 3 is 2.11 bits per heavy atom. The molecule has 0 fully saturated rings. The summed E-state index contributed by atoms with van der Waals surface area (Å²) in [6.07, 6.45) is 15.2.